The largest absolute Gasteiger partial charge is 0.459 e. The van der Waals surface area contributed by atoms with Crippen LogP contribution in [0.15, 0.2) is 12.2 Å². The molecule has 5 saturated carbocycles. The fourth-order valence-electron chi connectivity index (χ4n) is 12.4. The number of hydrogen-bond acceptors (Lipinski definition) is 16. The molecule has 5 aliphatic carbocycles. The Morgan fingerprint density at radius 1 is 0.782 bits per heavy atom. The zero-order chi connectivity index (χ0) is 40.0. The maximum atomic E-state index is 14.2. The average molecular weight is 787 g/mol. The van der Waals surface area contributed by atoms with E-state index in [9.17, 15) is 55.9 Å². The van der Waals surface area contributed by atoms with Gasteiger partial charge in [0.1, 0.15) is 61.0 Å². The molecule has 10 N–H and O–H groups in total. The molecule has 1 spiro atoms. The van der Waals surface area contributed by atoms with Gasteiger partial charge in [-0.1, -0.05) is 19.9 Å². The summed E-state index contributed by atoms with van der Waals surface area (Å²) in [7, 11) is 0. The number of esters is 1. The predicted molar refractivity (Wildman–Crippen MR) is 188 cm³/mol. The van der Waals surface area contributed by atoms with Gasteiger partial charge in [-0.25, -0.2) is 0 Å². The smallest absolute Gasteiger partial charge is 0.312 e. The number of aliphatic hydroxyl groups is 10. The Kier molecular flexibility index (Phi) is 11.4. The normalized spacial score (nSPS) is 55.4. The van der Waals surface area contributed by atoms with E-state index in [4.69, 9.17) is 23.7 Å². The molecule has 16 nitrogen and oxygen atoms in total. The number of carbonyl (C=O) groups excluding carboxylic acids is 1. The van der Waals surface area contributed by atoms with Crippen molar-refractivity contribution >= 4 is 5.97 Å². The molecule has 7 aliphatic rings. The second kappa shape index (κ2) is 15.0. The highest BCUT2D eigenvalue weighted by Crippen LogP contribution is 2.73. The Morgan fingerprint density at radius 2 is 1.47 bits per heavy atom. The van der Waals surface area contributed by atoms with E-state index in [1.165, 1.54) is 6.92 Å². The van der Waals surface area contributed by atoms with Crippen LogP contribution in [0.2, 0.25) is 0 Å². The number of carbonyl (C=O) groups is 1. The van der Waals surface area contributed by atoms with Crippen molar-refractivity contribution in [3.8, 4) is 0 Å². The maximum Gasteiger partial charge on any atom is 0.312 e. The highest BCUT2D eigenvalue weighted by molar-refractivity contribution is 5.77. The topological polar surface area (TPSA) is 266 Å². The molecule has 0 unspecified atom stereocenters. The zero-order valence-corrected chi connectivity index (χ0v) is 31.9. The van der Waals surface area contributed by atoms with E-state index in [1.54, 1.807) is 0 Å². The highest BCUT2D eigenvalue weighted by atomic mass is 16.8. The number of ether oxygens (including phenoxy) is 5. The molecule has 2 aliphatic heterocycles. The minimum Gasteiger partial charge on any atom is -0.459 e. The molecule has 314 valence electrons. The molecule has 0 radical (unpaired) electrons. The molecule has 7 fully saturated rings. The first-order valence-corrected chi connectivity index (χ1v) is 20.1. The second-order valence-electron chi connectivity index (χ2n) is 18.5. The van der Waals surface area contributed by atoms with Gasteiger partial charge in [0.2, 0.25) is 0 Å². The summed E-state index contributed by atoms with van der Waals surface area (Å²) in [5.41, 5.74) is -1.49. The molecular formula is C39H62O16. The van der Waals surface area contributed by atoms with Crippen LogP contribution >= 0.6 is 0 Å². The molecular weight excluding hydrogens is 724 g/mol. The minimum atomic E-state index is -1.69. The molecule has 2 bridgehead atoms. The van der Waals surface area contributed by atoms with Gasteiger partial charge < -0.3 is 74.7 Å². The quantitative estimate of drug-likeness (QED) is 0.0783. The van der Waals surface area contributed by atoms with Gasteiger partial charge in [0.05, 0.1) is 29.8 Å². The van der Waals surface area contributed by atoms with Gasteiger partial charge >= 0.3 is 5.97 Å². The van der Waals surface area contributed by atoms with Gasteiger partial charge in [0.25, 0.3) is 0 Å². The fourth-order valence-corrected chi connectivity index (χ4v) is 12.4. The zero-order valence-electron chi connectivity index (χ0n) is 31.9. The van der Waals surface area contributed by atoms with Crippen LogP contribution in [-0.2, 0) is 28.5 Å². The van der Waals surface area contributed by atoms with E-state index >= 15 is 0 Å². The monoisotopic (exact) mass is 786 g/mol. The van der Waals surface area contributed by atoms with E-state index in [0.29, 0.717) is 32.1 Å². The lowest BCUT2D eigenvalue weighted by Crippen LogP contribution is -2.65. The summed E-state index contributed by atoms with van der Waals surface area (Å²) in [6.07, 6.45) is -13.5. The molecule has 2 heterocycles. The van der Waals surface area contributed by atoms with Gasteiger partial charge in [-0.15, -0.1) is 0 Å². The van der Waals surface area contributed by atoms with Crippen LogP contribution in [0.5, 0.6) is 0 Å². The molecule has 0 aromatic carbocycles. The average Bonchev–Trinajstić information content (AvgIpc) is 3.35. The van der Waals surface area contributed by atoms with E-state index in [-0.39, 0.29) is 29.1 Å². The van der Waals surface area contributed by atoms with Crippen LogP contribution < -0.4 is 0 Å². The second-order valence-corrected chi connectivity index (χ2v) is 18.5. The summed E-state index contributed by atoms with van der Waals surface area (Å²) in [6, 6.07) is 0. The molecule has 0 aromatic rings. The number of rotatable bonds is 8. The lowest BCUT2D eigenvalue weighted by atomic mass is 9.41. The van der Waals surface area contributed by atoms with Crippen LogP contribution in [0.4, 0.5) is 0 Å². The SMILES string of the molecule is C=C1C[C@@]23CC[C@H]4[C@@](C)(CCC[C@@]4(C)C(=O)O[C@@H]4C[C@H](CO)[C@@H](O)[C@H](O)[C@H]4O)[C@@H]2CC[C@]1(O[C@@H]1O[C@H](CO)[C@@H](O)[C@H](O)[C@H]1O[C@@H]1O[C@@H](C)[C@H](O)[C@@H](O)[C@H]1O)C3. The summed E-state index contributed by atoms with van der Waals surface area (Å²) >= 11 is 0. The Morgan fingerprint density at radius 3 is 2.16 bits per heavy atom. The van der Waals surface area contributed by atoms with Crippen molar-refractivity contribution in [2.45, 2.75) is 176 Å². The first kappa shape index (κ1) is 41.8. The Labute approximate surface area is 321 Å². The first-order chi connectivity index (χ1) is 25.9. The first-order valence-electron chi connectivity index (χ1n) is 20.1. The van der Waals surface area contributed by atoms with Gasteiger partial charge in [-0.05, 0) is 99.9 Å². The van der Waals surface area contributed by atoms with Crippen molar-refractivity contribution in [2.75, 3.05) is 13.2 Å². The van der Waals surface area contributed by atoms with Crippen LogP contribution in [-0.4, -0.2) is 162 Å². The number of aliphatic hydroxyl groups excluding tert-OH is 10. The Bertz CT molecular complexity index is 1430. The summed E-state index contributed by atoms with van der Waals surface area (Å²) in [5.74, 6) is -1.06. The van der Waals surface area contributed by atoms with E-state index in [1.807, 2.05) is 6.92 Å². The van der Waals surface area contributed by atoms with Gasteiger partial charge in [-0.2, -0.15) is 0 Å². The number of fused-ring (bicyclic) bond motifs is 3. The third-order valence-corrected chi connectivity index (χ3v) is 15.5. The van der Waals surface area contributed by atoms with Crippen LogP contribution in [0.3, 0.4) is 0 Å². The summed E-state index contributed by atoms with van der Waals surface area (Å²) in [5, 5.41) is 105. The molecule has 2 saturated heterocycles. The molecule has 16 heteroatoms. The van der Waals surface area contributed by atoms with Crippen molar-refractivity contribution in [3.63, 3.8) is 0 Å². The molecule has 0 aromatic heterocycles. The van der Waals surface area contributed by atoms with Crippen LogP contribution in [0.1, 0.15) is 85.0 Å². The molecule has 21 atom stereocenters. The molecule has 0 amide bonds. The van der Waals surface area contributed by atoms with Crippen molar-refractivity contribution < 1.29 is 79.5 Å². The van der Waals surface area contributed by atoms with E-state index in [0.717, 1.165) is 31.3 Å². The molecule has 7 rings (SSSR count). The Hall–Kier alpha value is -1.35. The number of hydrogen-bond donors (Lipinski definition) is 10. The van der Waals surface area contributed by atoms with Gasteiger partial charge in [-0.3, -0.25) is 4.79 Å². The summed E-state index contributed by atoms with van der Waals surface area (Å²) in [4.78, 5) is 14.2. The predicted octanol–water partition coefficient (Wildman–Crippen LogP) is -1.25. The van der Waals surface area contributed by atoms with E-state index in [2.05, 4.69) is 13.5 Å². The van der Waals surface area contributed by atoms with Crippen molar-refractivity contribution in [1.29, 1.82) is 0 Å². The van der Waals surface area contributed by atoms with Crippen LogP contribution in [0.25, 0.3) is 0 Å². The van der Waals surface area contributed by atoms with Crippen molar-refractivity contribution in [2.24, 2.45) is 34.0 Å². The fraction of sp³-hybridized carbons (Fsp3) is 0.923. The van der Waals surface area contributed by atoms with Gasteiger partial charge in [0, 0.05) is 12.5 Å². The molecule has 55 heavy (non-hydrogen) atoms. The van der Waals surface area contributed by atoms with E-state index < -0.39 is 122 Å². The minimum absolute atomic E-state index is 0.0275. The third-order valence-electron chi connectivity index (χ3n) is 15.5. The van der Waals surface area contributed by atoms with Gasteiger partial charge in [0.15, 0.2) is 12.6 Å². The standard InChI is InChI=1S/C39H62O16/c1-17-13-38-10-6-22-36(3,8-5-9-37(22,4)35(50)53-20-12-19(14-40)25(43)29(47)26(20)44)23(38)7-11-39(17,16-38)55-34-32(30(48)27(45)21(15-41)52-34)54-33-31(49)28(46)24(42)18(2)51-33/h18-34,40-49H,1,5-16H2,2-4H3/t18-,19+,20+,21+,22-,23-,24-,25+,26-,27+,28+,29-,30-,31+,32+,33-,34-,36+,37+,38+,39-/m0/s1. The lowest BCUT2D eigenvalue weighted by Gasteiger charge is -2.64. The van der Waals surface area contributed by atoms with Crippen molar-refractivity contribution in [3.05, 3.63) is 12.2 Å². The highest BCUT2D eigenvalue weighted by Gasteiger charge is 2.69. The Balaban J connectivity index is 1.10. The lowest BCUT2D eigenvalue weighted by molar-refractivity contribution is -0.376. The van der Waals surface area contributed by atoms with Crippen LogP contribution in [0, 0.1) is 34.0 Å². The summed E-state index contributed by atoms with van der Waals surface area (Å²) in [6.45, 7) is 9.14. The maximum absolute atomic E-state index is 14.2. The summed E-state index contributed by atoms with van der Waals surface area (Å²) < 4.78 is 30.5. The third kappa shape index (κ3) is 6.64. The van der Waals surface area contributed by atoms with Crippen molar-refractivity contribution in [1.82, 2.24) is 0 Å².